The lowest BCUT2D eigenvalue weighted by Gasteiger charge is -2.30. The van der Waals surface area contributed by atoms with Gasteiger partial charge in [0.25, 0.3) is 5.91 Å². The second kappa shape index (κ2) is 7.53. The van der Waals surface area contributed by atoms with Crippen LogP contribution in [0.15, 0.2) is 34.7 Å². The molecule has 1 aromatic carbocycles. The Morgan fingerprint density at radius 2 is 1.93 bits per heavy atom. The molecule has 0 atom stereocenters. The number of amides is 1. The maximum absolute atomic E-state index is 13.1. The second-order valence-corrected chi connectivity index (χ2v) is 7.37. The number of rotatable bonds is 4. The topological polar surface area (TPSA) is 87.9 Å². The Balaban J connectivity index is 1.39. The van der Waals surface area contributed by atoms with Gasteiger partial charge in [0.15, 0.2) is 0 Å². The van der Waals surface area contributed by atoms with Gasteiger partial charge in [-0.05, 0) is 43.2 Å². The molecule has 1 aliphatic heterocycles. The summed E-state index contributed by atoms with van der Waals surface area (Å²) in [7, 11) is 0. The van der Waals surface area contributed by atoms with Crippen LogP contribution in [0.5, 0.6) is 0 Å². The molecule has 1 aliphatic rings. The number of piperidine rings is 1. The number of likely N-dealkylation sites (tertiary alicyclic amines) is 1. The Hall–Kier alpha value is -3.03. The molecule has 3 aromatic rings. The Morgan fingerprint density at radius 1 is 1.21 bits per heavy atom. The monoisotopic (exact) mass is 383 g/mol. The fraction of sp³-hybridized carbons (Fsp3) is 0.400. The maximum Gasteiger partial charge on any atom is 0.271 e. The molecule has 0 spiro atoms. The maximum atomic E-state index is 13.1. The van der Waals surface area contributed by atoms with E-state index in [-0.39, 0.29) is 23.6 Å². The van der Waals surface area contributed by atoms with Gasteiger partial charge >= 0.3 is 0 Å². The summed E-state index contributed by atoms with van der Waals surface area (Å²) in [4.78, 5) is 14.6. The van der Waals surface area contributed by atoms with Crippen LogP contribution in [0.1, 0.15) is 60.8 Å². The molecule has 1 amide bonds. The standard InChI is InChI=1S/C20H22FN5O2/c1-12(2)18-24-25-19(28-18)14-7-9-26(10-8-14)20(27)17-11-16(22-23-17)13-3-5-15(21)6-4-13/h3-6,11-12,14H,7-10H2,1-2H3,(H,22,23). The van der Waals surface area contributed by atoms with Gasteiger partial charge < -0.3 is 9.32 Å². The zero-order chi connectivity index (χ0) is 19.7. The van der Waals surface area contributed by atoms with Gasteiger partial charge in [0, 0.05) is 30.5 Å². The Bertz CT molecular complexity index is 955. The van der Waals surface area contributed by atoms with Crippen LogP contribution in [0, 0.1) is 5.82 Å². The van der Waals surface area contributed by atoms with E-state index in [9.17, 15) is 9.18 Å². The molecular weight excluding hydrogens is 361 g/mol. The number of hydrogen-bond donors (Lipinski definition) is 1. The van der Waals surface area contributed by atoms with Crippen molar-refractivity contribution in [1.82, 2.24) is 25.3 Å². The number of aromatic amines is 1. The fourth-order valence-electron chi connectivity index (χ4n) is 3.34. The van der Waals surface area contributed by atoms with Crippen molar-refractivity contribution < 1.29 is 13.6 Å². The number of carbonyl (C=O) groups is 1. The predicted octanol–water partition coefficient (Wildman–Crippen LogP) is 3.74. The molecule has 1 saturated heterocycles. The van der Waals surface area contributed by atoms with Gasteiger partial charge in [0.05, 0.1) is 5.69 Å². The summed E-state index contributed by atoms with van der Waals surface area (Å²) < 4.78 is 18.8. The van der Waals surface area contributed by atoms with Crippen molar-refractivity contribution in [3.8, 4) is 11.3 Å². The number of benzene rings is 1. The molecule has 8 heteroatoms. The SMILES string of the molecule is CC(C)c1nnc(C2CCN(C(=O)c3cc(-c4ccc(F)cc4)n[nH]3)CC2)o1. The van der Waals surface area contributed by atoms with Gasteiger partial charge in [-0.15, -0.1) is 10.2 Å². The lowest BCUT2D eigenvalue weighted by Crippen LogP contribution is -2.38. The smallest absolute Gasteiger partial charge is 0.271 e. The number of halogens is 1. The zero-order valence-electron chi connectivity index (χ0n) is 15.9. The Morgan fingerprint density at radius 3 is 2.57 bits per heavy atom. The number of hydrogen-bond acceptors (Lipinski definition) is 5. The first-order chi connectivity index (χ1) is 13.5. The molecule has 2 aromatic heterocycles. The van der Waals surface area contributed by atoms with Crippen molar-refractivity contribution in [3.05, 3.63) is 53.6 Å². The van der Waals surface area contributed by atoms with E-state index < -0.39 is 0 Å². The van der Waals surface area contributed by atoms with Crippen LogP contribution in [0.2, 0.25) is 0 Å². The Kier molecular flexibility index (Phi) is 4.93. The van der Waals surface area contributed by atoms with E-state index in [0.717, 1.165) is 18.4 Å². The van der Waals surface area contributed by atoms with E-state index in [1.165, 1.54) is 12.1 Å². The fourth-order valence-corrected chi connectivity index (χ4v) is 3.34. The van der Waals surface area contributed by atoms with Gasteiger partial charge in [-0.1, -0.05) is 13.8 Å². The van der Waals surface area contributed by atoms with Crippen molar-refractivity contribution >= 4 is 5.91 Å². The van der Waals surface area contributed by atoms with Crippen molar-refractivity contribution in [1.29, 1.82) is 0 Å². The highest BCUT2D eigenvalue weighted by atomic mass is 19.1. The molecule has 146 valence electrons. The van der Waals surface area contributed by atoms with E-state index in [0.29, 0.717) is 36.3 Å². The molecule has 1 N–H and O–H groups in total. The number of H-pyrrole nitrogens is 1. The number of nitrogens with zero attached hydrogens (tertiary/aromatic N) is 4. The quantitative estimate of drug-likeness (QED) is 0.741. The van der Waals surface area contributed by atoms with Crippen LogP contribution in [0.4, 0.5) is 4.39 Å². The summed E-state index contributed by atoms with van der Waals surface area (Å²) in [5.74, 6) is 1.31. The normalized spacial score (nSPS) is 15.4. The molecule has 0 saturated carbocycles. The third-order valence-corrected chi connectivity index (χ3v) is 5.03. The van der Waals surface area contributed by atoms with Gasteiger partial charge in [-0.2, -0.15) is 5.10 Å². The zero-order valence-corrected chi connectivity index (χ0v) is 15.9. The minimum atomic E-state index is -0.305. The lowest BCUT2D eigenvalue weighted by atomic mass is 9.96. The molecule has 7 nitrogen and oxygen atoms in total. The number of aromatic nitrogens is 4. The minimum Gasteiger partial charge on any atom is -0.425 e. The third-order valence-electron chi connectivity index (χ3n) is 5.03. The van der Waals surface area contributed by atoms with Crippen LogP contribution in [-0.4, -0.2) is 44.3 Å². The molecule has 4 rings (SSSR count). The highest BCUT2D eigenvalue weighted by Crippen LogP contribution is 2.29. The first-order valence-electron chi connectivity index (χ1n) is 9.45. The molecular formula is C20H22FN5O2. The van der Waals surface area contributed by atoms with Gasteiger partial charge in [0.2, 0.25) is 11.8 Å². The molecule has 0 radical (unpaired) electrons. The molecule has 1 fully saturated rings. The van der Waals surface area contributed by atoms with E-state index in [1.807, 2.05) is 13.8 Å². The summed E-state index contributed by atoms with van der Waals surface area (Å²) >= 11 is 0. The molecule has 3 heterocycles. The van der Waals surface area contributed by atoms with Crippen molar-refractivity contribution in [2.45, 2.75) is 38.5 Å². The third kappa shape index (κ3) is 3.67. The summed E-state index contributed by atoms with van der Waals surface area (Å²) in [5, 5.41) is 15.2. The van der Waals surface area contributed by atoms with E-state index in [4.69, 9.17) is 4.42 Å². The highest BCUT2D eigenvalue weighted by Gasteiger charge is 2.29. The van der Waals surface area contributed by atoms with Crippen LogP contribution < -0.4 is 0 Å². The summed E-state index contributed by atoms with van der Waals surface area (Å²) in [6.07, 6.45) is 1.56. The highest BCUT2D eigenvalue weighted by molar-refractivity contribution is 5.93. The van der Waals surface area contributed by atoms with Crippen LogP contribution in [0.25, 0.3) is 11.3 Å². The van der Waals surface area contributed by atoms with Crippen molar-refractivity contribution in [2.24, 2.45) is 0 Å². The van der Waals surface area contributed by atoms with Crippen LogP contribution in [-0.2, 0) is 0 Å². The average molecular weight is 383 g/mol. The van der Waals surface area contributed by atoms with Crippen molar-refractivity contribution in [3.63, 3.8) is 0 Å². The first-order valence-corrected chi connectivity index (χ1v) is 9.45. The predicted molar refractivity (Wildman–Crippen MR) is 100 cm³/mol. The lowest BCUT2D eigenvalue weighted by molar-refractivity contribution is 0.0700. The number of nitrogens with one attached hydrogen (secondary N) is 1. The molecule has 0 bridgehead atoms. The first kappa shape index (κ1) is 18.3. The van der Waals surface area contributed by atoms with Crippen LogP contribution in [0.3, 0.4) is 0 Å². The van der Waals surface area contributed by atoms with E-state index in [2.05, 4.69) is 20.4 Å². The Labute approximate surface area is 162 Å². The second-order valence-electron chi connectivity index (χ2n) is 7.37. The average Bonchev–Trinajstić information content (AvgIpc) is 3.38. The van der Waals surface area contributed by atoms with Gasteiger partial charge in [-0.3, -0.25) is 9.89 Å². The molecule has 0 unspecified atom stereocenters. The summed E-state index contributed by atoms with van der Waals surface area (Å²) in [6, 6.07) is 7.73. The largest absolute Gasteiger partial charge is 0.425 e. The summed E-state index contributed by atoms with van der Waals surface area (Å²) in [5.41, 5.74) is 1.80. The van der Waals surface area contributed by atoms with Gasteiger partial charge in [0.1, 0.15) is 11.5 Å². The van der Waals surface area contributed by atoms with Crippen LogP contribution >= 0.6 is 0 Å². The minimum absolute atomic E-state index is 0.0901. The molecule has 0 aliphatic carbocycles. The van der Waals surface area contributed by atoms with E-state index in [1.54, 1.807) is 23.1 Å². The van der Waals surface area contributed by atoms with E-state index >= 15 is 0 Å². The number of carbonyl (C=O) groups excluding carboxylic acids is 1. The molecule has 28 heavy (non-hydrogen) atoms. The van der Waals surface area contributed by atoms with Gasteiger partial charge in [-0.25, -0.2) is 4.39 Å². The summed E-state index contributed by atoms with van der Waals surface area (Å²) in [6.45, 7) is 5.27. The van der Waals surface area contributed by atoms with Crippen molar-refractivity contribution in [2.75, 3.05) is 13.1 Å².